The summed E-state index contributed by atoms with van der Waals surface area (Å²) in [5.41, 5.74) is 0.866. The summed E-state index contributed by atoms with van der Waals surface area (Å²) in [6, 6.07) is 7.88. The monoisotopic (exact) mass is 329 g/mol. The number of halogens is 1. The zero-order valence-corrected chi connectivity index (χ0v) is 13.0. The molecule has 3 aromatic rings. The number of thiazole rings is 1. The van der Waals surface area contributed by atoms with Crippen molar-refractivity contribution < 1.29 is 13.9 Å². The van der Waals surface area contributed by atoms with Crippen molar-refractivity contribution in [3.05, 3.63) is 64.7 Å². The van der Waals surface area contributed by atoms with E-state index in [4.69, 9.17) is 4.74 Å². The highest BCUT2D eigenvalue weighted by Crippen LogP contribution is 2.26. The summed E-state index contributed by atoms with van der Waals surface area (Å²) < 4.78 is 18.7. The number of benzene rings is 1. The second kappa shape index (κ2) is 6.62. The van der Waals surface area contributed by atoms with Crippen LogP contribution in [0.25, 0.3) is 10.8 Å². The van der Waals surface area contributed by atoms with Crippen LogP contribution in [0.3, 0.4) is 0 Å². The van der Waals surface area contributed by atoms with E-state index in [1.165, 1.54) is 6.07 Å². The SMILES string of the molecule is Cc1nc(-c2ncccn2)sc1C(=O)OCc1ccccc1F. The average molecular weight is 329 g/mol. The number of hydrogen-bond donors (Lipinski definition) is 0. The molecule has 2 aromatic heterocycles. The first-order chi connectivity index (χ1) is 11.1. The maximum absolute atomic E-state index is 13.5. The van der Waals surface area contributed by atoms with Gasteiger partial charge in [-0.05, 0) is 19.1 Å². The summed E-state index contributed by atoms with van der Waals surface area (Å²) in [6.07, 6.45) is 3.21. The van der Waals surface area contributed by atoms with Crippen molar-refractivity contribution in [1.29, 1.82) is 0 Å². The number of ether oxygens (including phenoxy) is 1. The van der Waals surface area contributed by atoms with Crippen LogP contribution in [0.2, 0.25) is 0 Å². The Morgan fingerprint density at radius 1 is 1.22 bits per heavy atom. The third kappa shape index (κ3) is 3.40. The Kier molecular flexibility index (Phi) is 4.38. The Labute approximate surface area is 135 Å². The molecule has 116 valence electrons. The average Bonchev–Trinajstić information content (AvgIpc) is 2.97. The van der Waals surface area contributed by atoms with Crippen LogP contribution in [0.4, 0.5) is 4.39 Å². The molecule has 2 heterocycles. The van der Waals surface area contributed by atoms with Crippen molar-refractivity contribution in [2.24, 2.45) is 0 Å². The molecule has 0 fully saturated rings. The third-order valence-electron chi connectivity index (χ3n) is 3.06. The standard InChI is InChI=1S/C16H12FN3O2S/c1-10-13(23-15(20-10)14-18-7-4-8-19-14)16(21)22-9-11-5-2-3-6-12(11)17/h2-8H,9H2,1H3. The molecule has 0 aliphatic carbocycles. The number of carbonyl (C=O) groups excluding carboxylic acids is 1. The normalized spacial score (nSPS) is 10.5. The van der Waals surface area contributed by atoms with Gasteiger partial charge in [-0.2, -0.15) is 0 Å². The molecule has 0 aliphatic rings. The van der Waals surface area contributed by atoms with Gasteiger partial charge in [0.05, 0.1) is 5.69 Å². The van der Waals surface area contributed by atoms with E-state index in [0.29, 0.717) is 27.0 Å². The van der Waals surface area contributed by atoms with E-state index in [-0.39, 0.29) is 6.61 Å². The van der Waals surface area contributed by atoms with Gasteiger partial charge in [-0.25, -0.2) is 24.1 Å². The van der Waals surface area contributed by atoms with Crippen molar-refractivity contribution in [3.8, 4) is 10.8 Å². The fourth-order valence-electron chi connectivity index (χ4n) is 1.92. The maximum Gasteiger partial charge on any atom is 0.350 e. The molecule has 0 amide bonds. The van der Waals surface area contributed by atoms with Crippen molar-refractivity contribution in [2.75, 3.05) is 0 Å². The van der Waals surface area contributed by atoms with E-state index < -0.39 is 11.8 Å². The van der Waals surface area contributed by atoms with Crippen LogP contribution in [0.5, 0.6) is 0 Å². The summed E-state index contributed by atoms with van der Waals surface area (Å²) in [7, 11) is 0. The molecule has 0 aliphatic heterocycles. The quantitative estimate of drug-likeness (QED) is 0.686. The summed E-state index contributed by atoms with van der Waals surface area (Å²) in [6.45, 7) is 1.59. The summed E-state index contributed by atoms with van der Waals surface area (Å²) in [5.74, 6) is -0.487. The van der Waals surface area contributed by atoms with Crippen molar-refractivity contribution in [1.82, 2.24) is 15.0 Å². The predicted molar refractivity (Wildman–Crippen MR) is 83.4 cm³/mol. The third-order valence-corrected chi connectivity index (χ3v) is 4.19. The van der Waals surface area contributed by atoms with Gasteiger partial charge in [0.2, 0.25) is 0 Å². The van der Waals surface area contributed by atoms with E-state index in [0.717, 1.165) is 11.3 Å². The topological polar surface area (TPSA) is 65.0 Å². The minimum atomic E-state index is -0.537. The van der Waals surface area contributed by atoms with E-state index in [1.807, 2.05) is 0 Å². The first kappa shape index (κ1) is 15.2. The van der Waals surface area contributed by atoms with Crippen LogP contribution in [0.15, 0.2) is 42.7 Å². The molecule has 0 saturated heterocycles. The summed E-state index contributed by atoms with van der Waals surface area (Å²) >= 11 is 1.16. The van der Waals surface area contributed by atoms with Gasteiger partial charge in [-0.15, -0.1) is 11.3 Å². The first-order valence-corrected chi connectivity index (χ1v) is 7.62. The molecule has 0 atom stereocenters. The van der Waals surface area contributed by atoms with Gasteiger partial charge in [0.1, 0.15) is 17.3 Å². The van der Waals surface area contributed by atoms with Crippen LogP contribution >= 0.6 is 11.3 Å². The molecule has 0 unspecified atom stereocenters. The van der Waals surface area contributed by atoms with Crippen LogP contribution in [-0.4, -0.2) is 20.9 Å². The molecule has 0 N–H and O–H groups in total. The lowest BCUT2D eigenvalue weighted by atomic mass is 10.2. The van der Waals surface area contributed by atoms with Crippen LogP contribution in [-0.2, 0) is 11.3 Å². The molecule has 0 radical (unpaired) electrons. The van der Waals surface area contributed by atoms with E-state index in [1.54, 1.807) is 43.6 Å². The first-order valence-electron chi connectivity index (χ1n) is 6.80. The number of esters is 1. The van der Waals surface area contributed by atoms with Gasteiger partial charge in [-0.1, -0.05) is 18.2 Å². The summed E-state index contributed by atoms with van der Waals surface area (Å²) in [5, 5.41) is 0.543. The lowest BCUT2D eigenvalue weighted by Crippen LogP contribution is -2.05. The van der Waals surface area contributed by atoms with Gasteiger partial charge in [0.25, 0.3) is 0 Å². The Morgan fingerprint density at radius 3 is 2.70 bits per heavy atom. The molecule has 1 aromatic carbocycles. The predicted octanol–water partition coefficient (Wildman–Crippen LogP) is 3.40. The zero-order chi connectivity index (χ0) is 16.2. The van der Waals surface area contributed by atoms with Crippen LogP contribution in [0.1, 0.15) is 20.9 Å². The lowest BCUT2D eigenvalue weighted by molar-refractivity contribution is 0.0473. The molecule has 0 bridgehead atoms. The Balaban J connectivity index is 1.75. The van der Waals surface area contributed by atoms with Crippen molar-refractivity contribution in [3.63, 3.8) is 0 Å². The van der Waals surface area contributed by atoms with Gasteiger partial charge in [0.15, 0.2) is 10.8 Å². The number of aryl methyl sites for hydroxylation is 1. The minimum absolute atomic E-state index is 0.125. The number of carbonyl (C=O) groups is 1. The molecular formula is C16H12FN3O2S. The number of nitrogens with zero attached hydrogens (tertiary/aromatic N) is 3. The highest BCUT2D eigenvalue weighted by molar-refractivity contribution is 7.16. The largest absolute Gasteiger partial charge is 0.456 e. The lowest BCUT2D eigenvalue weighted by Gasteiger charge is -2.04. The Hall–Kier alpha value is -2.67. The second-order valence-electron chi connectivity index (χ2n) is 4.67. The number of aromatic nitrogens is 3. The van der Waals surface area contributed by atoms with Gasteiger partial charge >= 0.3 is 5.97 Å². The fourth-order valence-corrected chi connectivity index (χ4v) is 2.82. The van der Waals surface area contributed by atoms with Gasteiger partial charge in [-0.3, -0.25) is 0 Å². The molecule has 7 heteroatoms. The summed E-state index contributed by atoms with van der Waals surface area (Å²) in [4.78, 5) is 25.0. The second-order valence-corrected chi connectivity index (χ2v) is 5.67. The van der Waals surface area contributed by atoms with Crippen LogP contribution in [0, 0.1) is 12.7 Å². The molecule has 0 saturated carbocycles. The number of rotatable bonds is 4. The zero-order valence-electron chi connectivity index (χ0n) is 12.2. The van der Waals surface area contributed by atoms with E-state index in [9.17, 15) is 9.18 Å². The number of hydrogen-bond acceptors (Lipinski definition) is 6. The fraction of sp³-hybridized carbons (Fsp3) is 0.125. The smallest absolute Gasteiger partial charge is 0.350 e. The molecule has 0 spiro atoms. The Bertz CT molecular complexity index is 836. The van der Waals surface area contributed by atoms with E-state index >= 15 is 0 Å². The van der Waals surface area contributed by atoms with Gasteiger partial charge in [0, 0.05) is 18.0 Å². The van der Waals surface area contributed by atoms with Crippen molar-refractivity contribution in [2.45, 2.75) is 13.5 Å². The highest BCUT2D eigenvalue weighted by atomic mass is 32.1. The Morgan fingerprint density at radius 2 is 1.96 bits per heavy atom. The van der Waals surface area contributed by atoms with Crippen molar-refractivity contribution >= 4 is 17.3 Å². The maximum atomic E-state index is 13.5. The highest BCUT2D eigenvalue weighted by Gasteiger charge is 2.19. The molecule has 3 rings (SSSR count). The molecular weight excluding hydrogens is 317 g/mol. The molecule has 23 heavy (non-hydrogen) atoms. The minimum Gasteiger partial charge on any atom is -0.456 e. The molecule has 5 nitrogen and oxygen atoms in total. The van der Waals surface area contributed by atoms with Gasteiger partial charge < -0.3 is 4.74 Å². The van der Waals surface area contributed by atoms with E-state index in [2.05, 4.69) is 15.0 Å². The van der Waals surface area contributed by atoms with Crippen LogP contribution < -0.4 is 0 Å².